The Balaban J connectivity index is 3.37. The van der Waals surface area contributed by atoms with E-state index in [9.17, 15) is 5.11 Å². The molecule has 2 heteroatoms. The number of hydrogen-bond donors (Lipinski definition) is 1. The third-order valence-electron chi connectivity index (χ3n) is 4.55. The summed E-state index contributed by atoms with van der Waals surface area (Å²) in [5.74, 6) is 2.95. The Morgan fingerprint density at radius 1 is 0.704 bits per heavy atom. The van der Waals surface area contributed by atoms with Gasteiger partial charge in [-0.25, -0.2) is 0 Å². The van der Waals surface area contributed by atoms with Gasteiger partial charge in [0.25, 0.3) is 0 Å². The molecule has 0 aliphatic rings. The highest BCUT2D eigenvalue weighted by atomic mass is 28.3. The second kappa shape index (κ2) is 18.6. The van der Waals surface area contributed by atoms with E-state index in [4.69, 9.17) is 0 Å². The van der Waals surface area contributed by atoms with Crippen molar-refractivity contribution < 1.29 is 5.11 Å². The lowest BCUT2D eigenvalue weighted by molar-refractivity contribution is 0.280. The van der Waals surface area contributed by atoms with Gasteiger partial charge in [-0.2, -0.15) is 0 Å². The van der Waals surface area contributed by atoms with Gasteiger partial charge < -0.3 is 5.11 Å². The lowest BCUT2D eigenvalue weighted by Gasteiger charge is -2.04. The van der Waals surface area contributed by atoms with Gasteiger partial charge in [0.1, 0.15) is 14.2 Å². The van der Waals surface area contributed by atoms with Crippen LogP contribution in [0.4, 0.5) is 0 Å². The van der Waals surface area contributed by atoms with E-state index in [1.807, 2.05) is 6.08 Å². The van der Waals surface area contributed by atoms with Gasteiger partial charge in [-0.15, -0.1) is 5.54 Å². The third-order valence-corrected chi connectivity index (χ3v) is 5.44. The molecular formula is C25H46OSi. The van der Waals surface area contributed by atoms with Crippen molar-refractivity contribution >= 4 is 8.07 Å². The van der Waals surface area contributed by atoms with Crippen LogP contribution in [0.5, 0.6) is 0 Å². The second-order valence-corrected chi connectivity index (χ2v) is 13.5. The summed E-state index contributed by atoms with van der Waals surface area (Å²) in [5.41, 5.74) is 3.21. The maximum absolute atomic E-state index is 9.80. The lowest BCUT2D eigenvalue weighted by atomic mass is 10.1. The van der Waals surface area contributed by atoms with Crippen molar-refractivity contribution in [2.45, 2.75) is 123 Å². The molecule has 0 spiro atoms. The Labute approximate surface area is 171 Å². The van der Waals surface area contributed by atoms with E-state index in [1.165, 1.54) is 83.5 Å². The molecular weight excluding hydrogens is 344 g/mol. The summed E-state index contributed by atoms with van der Waals surface area (Å²) in [6, 6.07) is 0. The van der Waals surface area contributed by atoms with Crippen molar-refractivity contribution in [3.8, 4) is 11.5 Å². The van der Waals surface area contributed by atoms with Crippen molar-refractivity contribution in [1.82, 2.24) is 0 Å². The minimum absolute atomic E-state index is 0.581. The molecule has 0 unspecified atom stereocenters. The highest BCUT2D eigenvalue weighted by Crippen LogP contribution is 2.11. The standard InChI is InChI=1S/C25H46OSi/c1-5-6-7-8-9-10-11-12-13-14-15-16-17-18-19-20-21-22-25(26)23-24-27(2,3)4/h10-11,21-22,25-26H,5-9,12-20H2,1-4H3/b11-10-,22-21+/t25-/m0/s1. The molecule has 156 valence electrons. The Morgan fingerprint density at radius 3 is 1.63 bits per heavy atom. The Bertz CT molecular complexity index is 433. The lowest BCUT2D eigenvalue weighted by Crippen LogP contribution is -2.17. The van der Waals surface area contributed by atoms with Crippen LogP contribution < -0.4 is 0 Å². The minimum Gasteiger partial charge on any atom is -0.377 e. The van der Waals surface area contributed by atoms with Crippen LogP contribution in [0.25, 0.3) is 0 Å². The van der Waals surface area contributed by atoms with E-state index >= 15 is 0 Å². The molecule has 0 bridgehead atoms. The van der Waals surface area contributed by atoms with Crippen LogP contribution >= 0.6 is 0 Å². The molecule has 0 heterocycles. The Kier molecular flexibility index (Phi) is 18.0. The van der Waals surface area contributed by atoms with E-state index in [1.54, 1.807) is 0 Å². The maximum Gasteiger partial charge on any atom is 0.132 e. The molecule has 0 aliphatic carbocycles. The monoisotopic (exact) mass is 390 g/mol. The summed E-state index contributed by atoms with van der Waals surface area (Å²) in [4.78, 5) is 0. The smallest absolute Gasteiger partial charge is 0.132 e. The number of aliphatic hydroxyl groups excluding tert-OH is 1. The molecule has 0 saturated heterocycles. The molecule has 0 fully saturated rings. The summed E-state index contributed by atoms with van der Waals surface area (Å²) >= 11 is 0. The molecule has 0 saturated carbocycles. The van der Waals surface area contributed by atoms with Crippen LogP contribution in [-0.2, 0) is 0 Å². The van der Waals surface area contributed by atoms with Gasteiger partial charge in [0, 0.05) is 0 Å². The zero-order valence-corrected chi connectivity index (χ0v) is 19.7. The van der Waals surface area contributed by atoms with Crippen molar-refractivity contribution in [2.75, 3.05) is 0 Å². The minimum atomic E-state index is -1.37. The first kappa shape index (κ1) is 26.2. The fourth-order valence-corrected chi connectivity index (χ4v) is 3.48. The van der Waals surface area contributed by atoms with Crippen LogP contribution in [0, 0.1) is 11.5 Å². The third kappa shape index (κ3) is 23.2. The topological polar surface area (TPSA) is 20.2 Å². The molecule has 0 aliphatic heterocycles. The van der Waals surface area contributed by atoms with E-state index in [-0.39, 0.29) is 0 Å². The number of aliphatic hydroxyl groups is 1. The predicted octanol–water partition coefficient (Wildman–Crippen LogP) is 7.82. The quantitative estimate of drug-likeness (QED) is 0.123. The van der Waals surface area contributed by atoms with Gasteiger partial charge in [0.05, 0.1) is 0 Å². The molecule has 0 aromatic carbocycles. The van der Waals surface area contributed by atoms with Crippen LogP contribution in [0.2, 0.25) is 19.6 Å². The van der Waals surface area contributed by atoms with Gasteiger partial charge in [-0.1, -0.05) is 102 Å². The Hall–Kier alpha value is -0.783. The SMILES string of the molecule is CCCCCC/C=C\CCCCCCCCC/C=C/[C@H](O)C#C[Si](C)(C)C. The first-order chi connectivity index (χ1) is 13.0. The first-order valence-corrected chi connectivity index (χ1v) is 15.0. The zero-order chi connectivity index (χ0) is 20.2. The van der Waals surface area contributed by atoms with E-state index in [0.717, 1.165) is 6.42 Å². The van der Waals surface area contributed by atoms with Crippen LogP contribution in [0.3, 0.4) is 0 Å². The molecule has 0 rings (SSSR count). The highest BCUT2D eigenvalue weighted by Gasteiger charge is 2.07. The largest absolute Gasteiger partial charge is 0.377 e. The van der Waals surface area contributed by atoms with E-state index in [2.05, 4.69) is 56.3 Å². The second-order valence-electron chi connectivity index (χ2n) is 8.77. The van der Waals surface area contributed by atoms with Crippen molar-refractivity contribution in [3.63, 3.8) is 0 Å². The average Bonchev–Trinajstić information content (AvgIpc) is 2.62. The predicted molar refractivity (Wildman–Crippen MR) is 126 cm³/mol. The molecule has 0 amide bonds. The summed E-state index contributed by atoms with van der Waals surface area (Å²) in [6.07, 6.45) is 26.6. The molecule has 1 N–H and O–H groups in total. The van der Waals surface area contributed by atoms with Crippen molar-refractivity contribution in [3.05, 3.63) is 24.3 Å². The molecule has 1 nitrogen and oxygen atoms in total. The van der Waals surface area contributed by atoms with Crippen LogP contribution in [-0.4, -0.2) is 19.3 Å². The first-order valence-electron chi connectivity index (χ1n) is 11.5. The van der Waals surface area contributed by atoms with E-state index < -0.39 is 14.2 Å². The Morgan fingerprint density at radius 2 is 1.15 bits per heavy atom. The molecule has 1 atom stereocenters. The normalized spacial score (nSPS) is 13.2. The van der Waals surface area contributed by atoms with Gasteiger partial charge >= 0.3 is 0 Å². The fourth-order valence-electron chi connectivity index (χ4n) is 2.90. The van der Waals surface area contributed by atoms with Gasteiger partial charge in [-0.3, -0.25) is 0 Å². The number of hydrogen-bond acceptors (Lipinski definition) is 1. The molecule has 0 radical (unpaired) electrons. The van der Waals surface area contributed by atoms with Crippen molar-refractivity contribution in [2.24, 2.45) is 0 Å². The van der Waals surface area contributed by atoms with E-state index in [0.29, 0.717) is 0 Å². The van der Waals surface area contributed by atoms with Gasteiger partial charge in [0.2, 0.25) is 0 Å². The van der Waals surface area contributed by atoms with Gasteiger partial charge in [0.15, 0.2) is 0 Å². The molecule has 27 heavy (non-hydrogen) atoms. The van der Waals surface area contributed by atoms with Crippen LogP contribution in [0.15, 0.2) is 24.3 Å². The zero-order valence-electron chi connectivity index (χ0n) is 18.7. The summed E-state index contributed by atoms with van der Waals surface area (Å²) < 4.78 is 0. The summed E-state index contributed by atoms with van der Waals surface area (Å²) in [5, 5.41) is 9.80. The number of rotatable bonds is 16. The maximum atomic E-state index is 9.80. The number of allylic oxidation sites excluding steroid dienone is 3. The molecule has 0 aromatic rings. The highest BCUT2D eigenvalue weighted by molar-refractivity contribution is 6.83. The van der Waals surface area contributed by atoms with Crippen molar-refractivity contribution in [1.29, 1.82) is 0 Å². The summed E-state index contributed by atoms with van der Waals surface area (Å²) in [7, 11) is -1.37. The van der Waals surface area contributed by atoms with Crippen LogP contribution in [0.1, 0.15) is 96.8 Å². The number of unbranched alkanes of at least 4 members (excludes halogenated alkanes) is 12. The summed E-state index contributed by atoms with van der Waals surface area (Å²) in [6.45, 7) is 8.86. The molecule has 0 aromatic heterocycles. The fraction of sp³-hybridized carbons (Fsp3) is 0.760. The average molecular weight is 391 g/mol. The van der Waals surface area contributed by atoms with Gasteiger partial charge in [-0.05, 0) is 44.6 Å².